The first kappa shape index (κ1) is 9.24. The van der Waals surface area contributed by atoms with Crippen molar-refractivity contribution in [2.45, 2.75) is 18.1 Å². The topological polar surface area (TPSA) is 30.4 Å². The van der Waals surface area contributed by atoms with E-state index in [-0.39, 0.29) is 5.60 Å². The van der Waals surface area contributed by atoms with Crippen molar-refractivity contribution >= 4 is 27.7 Å². The number of thioether (sulfide) groups is 1. The van der Waals surface area contributed by atoms with Crippen LogP contribution in [0, 0.1) is 0 Å². The molecule has 1 aromatic rings. The van der Waals surface area contributed by atoms with Gasteiger partial charge in [-0.2, -0.15) is 16.9 Å². The van der Waals surface area contributed by atoms with E-state index >= 15 is 0 Å². The van der Waals surface area contributed by atoms with Crippen molar-refractivity contribution in [3.8, 4) is 0 Å². The maximum atomic E-state index is 5.86. The number of nitrogens with zero attached hydrogens (tertiary/aromatic N) is 2. The predicted octanol–water partition coefficient (Wildman–Crippen LogP) is 1.91. The lowest BCUT2D eigenvalue weighted by molar-refractivity contribution is 0.283. The summed E-state index contributed by atoms with van der Waals surface area (Å²) < 4.78 is 8.87. The molecule has 0 bridgehead atoms. The smallest absolute Gasteiger partial charge is 0.139 e. The minimum Gasteiger partial charge on any atom is -0.358 e. The Labute approximate surface area is 95.3 Å². The Kier molecular flexibility index (Phi) is 1.98. The molecule has 0 radical (unpaired) electrons. The number of ether oxygens (including phenoxy) is 1. The zero-order valence-electron chi connectivity index (χ0n) is 7.86. The highest BCUT2D eigenvalue weighted by Gasteiger charge is 2.61. The van der Waals surface area contributed by atoms with Gasteiger partial charge in [0.1, 0.15) is 11.7 Å². The number of hydrogen-bond donors (Lipinski definition) is 0. The molecule has 3 heterocycles. The van der Waals surface area contributed by atoms with Gasteiger partial charge in [-0.25, -0.2) is 0 Å². The molecule has 0 amide bonds. The van der Waals surface area contributed by atoms with E-state index in [2.05, 4.69) is 21.0 Å². The molecular weight excluding hydrogens is 264 g/mol. The maximum Gasteiger partial charge on any atom is 0.139 e. The molecule has 2 fully saturated rings. The van der Waals surface area contributed by atoms with E-state index in [1.807, 2.05) is 29.7 Å². The lowest BCUT2D eigenvalue weighted by Crippen LogP contribution is -2.23. The van der Waals surface area contributed by atoms with Crippen molar-refractivity contribution in [2.24, 2.45) is 7.05 Å². The fraction of sp³-hybridized carbons (Fsp3) is 0.667. The van der Waals surface area contributed by atoms with Crippen LogP contribution in [0.2, 0.25) is 0 Å². The number of epoxide rings is 1. The van der Waals surface area contributed by atoms with Crippen molar-refractivity contribution < 1.29 is 4.74 Å². The van der Waals surface area contributed by atoms with Crippen molar-refractivity contribution in [3.05, 3.63) is 16.4 Å². The van der Waals surface area contributed by atoms with E-state index in [4.69, 9.17) is 4.74 Å². The minimum atomic E-state index is -0.0185. The summed E-state index contributed by atoms with van der Waals surface area (Å²) in [6.07, 6.45) is 3.37. The molecule has 0 aromatic carbocycles. The monoisotopic (exact) mass is 274 g/mol. The van der Waals surface area contributed by atoms with E-state index in [0.717, 1.165) is 16.6 Å². The highest BCUT2D eigenvalue weighted by molar-refractivity contribution is 9.10. The summed E-state index contributed by atoms with van der Waals surface area (Å²) in [5.41, 5.74) is 1.19. The molecule has 2 atom stereocenters. The van der Waals surface area contributed by atoms with Crippen LogP contribution in [0.25, 0.3) is 0 Å². The Morgan fingerprint density at radius 3 is 3.29 bits per heavy atom. The molecule has 3 rings (SSSR count). The van der Waals surface area contributed by atoms with Crippen LogP contribution in [0.15, 0.2) is 10.7 Å². The second-order valence-corrected chi connectivity index (χ2v) is 5.79. The Bertz CT molecular complexity index is 361. The summed E-state index contributed by atoms with van der Waals surface area (Å²) in [6.45, 7) is 0. The van der Waals surface area contributed by atoms with Gasteiger partial charge in [-0.3, -0.25) is 4.68 Å². The molecule has 2 aliphatic heterocycles. The van der Waals surface area contributed by atoms with Gasteiger partial charge in [0.05, 0.1) is 16.4 Å². The molecule has 2 saturated heterocycles. The van der Waals surface area contributed by atoms with Crippen molar-refractivity contribution in [3.63, 3.8) is 0 Å². The largest absolute Gasteiger partial charge is 0.358 e. The first-order valence-electron chi connectivity index (χ1n) is 4.67. The van der Waals surface area contributed by atoms with Gasteiger partial charge in [0.25, 0.3) is 0 Å². The molecule has 1 aromatic heterocycles. The Morgan fingerprint density at radius 2 is 2.64 bits per heavy atom. The van der Waals surface area contributed by atoms with E-state index < -0.39 is 0 Å². The number of hydrogen-bond acceptors (Lipinski definition) is 3. The fourth-order valence-electron chi connectivity index (χ4n) is 2.24. The van der Waals surface area contributed by atoms with Crippen molar-refractivity contribution in [2.75, 3.05) is 11.5 Å². The summed E-state index contributed by atoms with van der Waals surface area (Å²) in [5.74, 6) is 2.31. The molecule has 5 heteroatoms. The Morgan fingerprint density at radius 1 is 1.79 bits per heavy atom. The molecule has 14 heavy (non-hydrogen) atoms. The highest BCUT2D eigenvalue weighted by Crippen LogP contribution is 2.55. The van der Waals surface area contributed by atoms with Gasteiger partial charge in [0, 0.05) is 12.8 Å². The molecule has 0 unspecified atom stereocenters. The van der Waals surface area contributed by atoms with Crippen molar-refractivity contribution in [1.29, 1.82) is 0 Å². The van der Waals surface area contributed by atoms with Crippen LogP contribution in [-0.2, 0) is 17.4 Å². The summed E-state index contributed by atoms with van der Waals surface area (Å²) in [4.78, 5) is 0. The van der Waals surface area contributed by atoms with Gasteiger partial charge in [0.2, 0.25) is 0 Å². The predicted molar refractivity (Wildman–Crippen MR) is 59.4 cm³/mol. The van der Waals surface area contributed by atoms with Gasteiger partial charge < -0.3 is 4.74 Å². The summed E-state index contributed by atoms with van der Waals surface area (Å²) >= 11 is 5.53. The van der Waals surface area contributed by atoms with Crippen LogP contribution in [0.5, 0.6) is 0 Å². The molecule has 0 spiro atoms. The maximum absolute atomic E-state index is 5.86. The number of fused-ring (bicyclic) bond motifs is 1. The van der Waals surface area contributed by atoms with Crippen LogP contribution in [0.4, 0.5) is 0 Å². The van der Waals surface area contributed by atoms with Gasteiger partial charge in [-0.1, -0.05) is 0 Å². The minimum absolute atomic E-state index is 0.0185. The molecule has 0 N–H and O–H groups in total. The number of aryl methyl sites for hydroxylation is 1. The van der Waals surface area contributed by atoms with Gasteiger partial charge in [0.15, 0.2) is 0 Å². The third-order valence-electron chi connectivity index (χ3n) is 3.00. The molecule has 3 nitrogen and oxygen atoms in total. The third kappa shape index (κ3) is 1.12. The van der Waals surface area contributed by atoms with Crippen molar-refractivity contribution in [1.82, 2.24) is 9.78 Å². The van der Waals surface area contributed by atoms with Gasteiger partial charge in [-0.15, -0.1) is 0 Å². The standard InChI is InChI=1S/C9H11BrN2OS/c1-12-8(6(10)4-11-12)9-2-3-14-5-7(9)13-9/h4,7H,2-3,5H2,1H3/t7-,9-/m0/s1. The van der Waals surface area contributed by atoms with Gasteiger partial charge >= 0.3 is 0 Å². The van der Waals surface area contributed by atoms with Crippen LogP contribution in [0.3, 0.4) is 0 Å². The Hall–Kier alpha value is -0.0000000000000000763. The summed E-state index contributed by atoms with van der Waals surface area (Å²) in [7, 11) is 1.98. The SMILES string of the molecule is Cn1ncc(Br)c1[C@]12CCSC[C@@H]1O2. The molecule has 0 saturated carbocycles. The molecule has 0 aliphatic carbocycles. The van der Waals surface area contributed by atoms with Crippen LogP contribution < -0.4 is 0 Å². The van der Waals surface area contributed by atoms with E-state index in [1.54, 1.807) is 0 Å². The quantitative estimate of drug-likeness (QED) is 0.733. The van der Waals surface area contributed by atoms with Crippen LogP contribution >= 0.6 is 27.7 Å². The fourth-order valence-corrected chi connectivity index (χ4v) is 4.09. The number of halogens is 1. The molecule has 2 aliphatic rings. The summed E-state index contributed by atoms with van der Waals surface area (Å²) in [5, 5.41) is 4.25. The second kappa shape index (κ2) is 3.00. The first-order chi connectivity index (χ1) is 6.74. The van der Waals surface area contributed by atoms with E-state index in [9.17, 15) is 0 Å². The lowest BCUT2D eigenvalue weighted by atomic mass is 9.98. The van der Waals surface area contributed by atoms with E-state index in [1.165, 1.54) is 11.4 Å². The normalized spacial score (nSPS) is 35.4. The zero-order valence-corrected chi connectivity index (χ0v) is 10.3. The van der Waals surface area contributed by atoms with Crippen LogP contribution in [0.1, 0.15) is 12.1 Å². The summed E-state index contributed by atoms with van der Waals surface area (Å²) in [6, 6.07) is 0. The average Bonchev–Trinajstić information content (AvgIpc) is 2.81. The number of aromatic nitrogens is 2. The molecule has 76 valence electrons. The zero-order chi connectivity index (χ0) is 9.76. The average molecular weight is 275 g/mol. The lowest BCUT2D eigenvalue weighted by Gasteiger charge is -2.17. The second-order valence-electron chi connectivity index (χ2n) is 3.79. The van der Waals surface area contributed by atoms with Gasteiger partial charge in [-0.05, 0) is 28.1 Å². The first-order valence-corrected chi connectivity index (χ1v) is 6.62. The number of rotatable bonds is 1. The third-order valence-corrected chi connectivity index (χ3v) is 4.61. The van der Waals surface area contributed by atoms with Crippen LogP contribution in [-0.4, -0.2) is 27.4 Å². The highest BCUT2D eigenvalue weighted by atomic mass is 79.9. The van der Waals surface area contributed by atoms with E-state index in [0.29, 0.717) is 6.10 Å². The molecular formula is C9H11BrN2OS. The Balaban J connectivity index is 2.03.